The summed E-state index contributed by atoms with van der Waals surface area (Å²) >= 11 is 4.33. The first-order valence-corrected chi connectivity index (χ1v) is 9.01. The minimum absolute atomic E-state index is 0.0542. The average molecular weight is 413 g/mol. The summed E-state index contributed by atoms with van der Waals surface area (Å²) in [5.74, 6) is 0. The molecule has 1 atom stereocenters. The molecule has 0 radical (unpaired) electrons. The van der Waals surface area contributed by atoms with Crippen LogP contribution < -0.4 is 4.73 Å². The Labute approximate surface area is 144 Å². The molecule has 0 spiro atoms. The van der Waals surface area contributed by atoms with Crippen molar-refractivity contribution in [3.05, 3.63) is 65.1 Å². The van der Waals surface area contributed by atoms with Crippen LogP contribution >= 0.6 is 34.4 Å². The highest BCUT2D eigenvalue weighted by molar-refractivity contribution is 14.1. The molecular weight excluding hydrogens is 393 g/mol. The third-order valence-electron chi connectivity index (χ3n) is 3.45. The number of pyridine rings is 1. The summed E-state index contributed by atoms with van der Waals surface area (Å²) in [5, 5.41) is 11.8. The van der Waals surface area contributed by atoms with Crippen molar-refractivity contribution in [3.8, 4) is 0 Å². The Morgan fingerprint density at radius 3 is 2.48 bits per heavy atom. The van der Waals surface area contributed by atoms with E-state index in [1.807, 2.05) is 23.9 Å². The van der Waals surface area contributed by atoms with Crippen LogP contribution in [0.2, 0.25) is 0 Å². The van der Waals surface area contributed by atoms with Gasteiger partial charge in [-0.2, -0.15) is 4.73 Å². The predicted molar refractivity (Wildman–Crippen MR) is 98.0 cm³/mol. The van der Waals surface area contributed by atoms with Gasteiger partial charge in [0.25, 0.3) is 0 Å². The fourth-order valence-electron chi connectivity index (χ4n) is 2.03. The van der Waals surface area contributed by atoms with Crippen molar-refractivity contribution in [1.82, 2.24) is 0 Å². The molecule has 1 heterocycles. The molecule has 2 rings (SSSR count). The molecule has 0 N–H and O–H groups in total. The summed E-state index contributed by atoms with van der Waals surface area (Å²) < 4.78 is 1.39. The van der Waals surface area contributed by atoms with Crippen LogP contribution in [0, 0.1) is 12.1 Å². The van der Waals surface area contributed by atoms with E-state index in [1.54, 1.807) is 12.3 Å². The van der Waals surface area contributed by atoms with Crippen LogP contribution in [0.15, 0.2) is 53.6 Å². The van der Waals surface area contributed by atoms with Gasteiger partial charge in [-0.3, -0.25) is 0 Å². The molecule has 1 aromatic carbocycles. The van der Waals surface area contributed by atoms with E-state index in [-0.39, 0.29) is 4.75 Å². The SMILES string of the molecule is Cc1ccc(SC(C)(C)C(I)Cc2cccc[n+]2[O-])cc1. The van der Waals surface area contributed by atoms with E-state index in [2.05, 4.69) is 67.6 Å². The van der Waals surface area contributed by atoms with Crippen LogP contribution in [-0.4, -0.2) is 8.67 Å². The monoisotopic (exact) mass is 413 g/mol. The Bertz CT molecular complexity index is 598. The van der Waals surface area contributed by atoms with E-state index in [0.29, 0.717) is 3.92 Å². The van der Waals surface area contributed by atoms with Gasteiger partial charge < -0.3 is 5.21 Å². The van der Waals surface area contributed by atoms with Crippen molar-refractivity contribution >= 4 is 34.4 Å². The third kappa shape index (κ3) is 4.61. The third-order valence-corrected chi connectivity index (χ3v) is 7.19. The van der Waals surface area contributed by atoms with Gasteiger partial charge in [0.15, 0.2) is 11.9 Å². The van der Waals surface area contributed by atoms with E-state index in [1.165, 1.54) is 10.5 Å². The van der Waals surface area contributed by atoms with E-state index in [0.717, 1.165) is 16.8 Å². The highest BCUT2D eigenvalue weighted by Gasteiger charge is 2.30. The van der Waals surface area contributed by atoms with Crippen molar-refractivity contribution in [2.75, 3.05) is 0 Å². The van der Waals surface area contributed by atoms with Gasteiger partial charge in [-0.15, -0.1) is 11.8 Å². The summed E-state index contributed by atoms with van der Waals surface area (Å²) in [7, 11) is 0. The number of aryl methyl sites for hydroxylation is 1. The van der Waals surface area contributed by atoms with Crippen molar-refractivity contribution in [3.63, 3.8) is 0 Å². The largest absolute Gasteiger partial charge is 0.619 e. The van der Waals surface area contributed by atoms with Gasteiger partial charge in [0.05, 0.1) is 0 Å². The molecule has 112 valence electrons. The van der Waals surface area contributed by atoms with Gasteiger partial charge in [-0.1, -0.05) is 46.4 Å². The first-order chi connectivity index (χ1) is 9.88. The number of halogens is 1. The van der Waals surface area contributed by atoms with Gasteiger partial charge >= 0.3 is 0 Å². The normalized spacial score (nSPS) is 13.1. The molecule has 2 aromatic rings. The number of thioether (sulfide) groups is 1. The summed E-state index contributed by atoms with van der Waals surface area (Å²) in [5.41, 5.74) is 2.11. The summed E-state index contributed by atoms with van der Waals surface area (Å²) in [4.78, 5) is 1.27. The van der Waals surface area contributed by atoms with E-state index < -0.39 is 0 Å². The fraction of sp³-hybridized carbons (Fsp3) is 0.353. The predicted octanol–water partition coefficient (Wildman–Crippen LogP) is 4.55. The zero-order valence-corrected chi connectivity index (χ0v) is 15.5. The second-order valence-electron chi connectivity index (χ2n) is 5.71. The van der Waals surface area contributed by atoms with Crippen molar-refractivity contribution in [1.29, 1.82) is 0 Å². The maximum Gasteiger partial charge on any atom is 0.193 e. The second kappa shape index (κ2) is 7.01. The lowest BCUT2D eigenvalue weighted by molar-refractivity contribution is -0.614. The number of benzene rings is 1. The Morgan fingerprint density at radius 1 is 1.19 bits per heavy atom. The topological polar surface area (TPSA) is 26.9 Å². The Hall–Kier alpha value is -0.750. The van der Waals surface area contributed by atoms with Crippen LogP contribution in [0.3, 0.4) is 0 Å². The number of nitrogens with zero attached hydrogens (tertiary/aromatic N) is 1. The standard InChI is InChI=1S/C17H20INOS/c1-13-7-9-15(10-8-13)21-17(2,3)16(18)12-14-6-4-5-11-19(14)20/h4-11,16H,12H2,1-3H3. The van der Waals surface area contributed by atoms with E-state index >= 15 is 0 Å². The molecule has 0 bridgehead atoms. The lowest BCUT2D eigenvalue weighted by Crippen LogP contribution is -2.37. The molecule has 0 aliphatic rings. The Kier molecular flexibility index (Phi) is 5.54. The summed E-state index contributed by atoms with van der Waals surface area (Å²) in [6.07, 6.45) is 2.34. The van der Waals surface area contributed by atoms with Gasteiger partial charge in [0.2, 0.25) is 0 Å². The Balaban J connectivity index is 2.07. The van der Waals surface area contributed by atoms with Crippen LogP contribution in [-0.2, 0) is 6.42 Å². The van der Waals surface area contributed by atoms with Gasteiger partial charge in [0, 0.05) is 32.1 Å². The zero-order valence-electron chi connectivity index (χ0n) is 12.5. The lowest BCUT2D eigenvalue weighted by atomic mass is 10.0. The Morgan fingerprint density at radius 2 is 1.86 bits per heavy atom. The molecule has 1 unspecified atom stereocenters. The molecule has 21 heavy (non-hydrogen) atoms. The molecule has 0 saturated carbocycles. The smallest absolute Gasteiger partial charge is 0.193 e. The lowest BCUT2D eigenvalue weighted by Gasteiger charge is -2.29. The minimum Gasteiger partial charge on any atom is -0.619 e. The van der Waals surface area contributed by atoms with Crippen molar-refractivity contribution in [2.45, 2.75) is 40.8 Å². The van der Waals surface area contributed by atoms with Crippen LogP contribution in [0.25, 0.3) is 0 Å². The van der Waals surface area contributed by atoms with E-state index in [9.17, 15) is 5.21 Å². The summed E-state index contributed by atoms with van der Waals surface area (Å²) in [6.45, 7) is 6.59. The molecule has 0 saturated heterocycles. The van der Waals surface area contributed by atoms with Crippen molar-refractivity contribution < 1.29 is 4.73 Å². The highest BCUT2D eigenvalue weighted by Crippen LogP contribution is 2.39. The van der Waals surface area contributed by atoms with Crippen molar-refractivity contribution in [2.24, 2.45) is 0 Å². The van der Waals surface area contributed by atoms with Gasteiger partial charge in [-0.05, 0) is 32.9 Å². The van der Waals surface area contributed by atoms with Crippen LogP contribution in [0.1, 0.15) is 25.1 Å². The molecule has 2 nitrogen and oxygen atoms in total. The quantitative estimate of drug-likeness (QED) is 0.237. The number of aromatic nitrogens is 1. The maximum atomic E-state index is 11.8. The fourth-order valence-corrected chi connectivity index (χ4v) is 3.95. The minimum atomic E-state index is 0.0542. The number of rotatable bonds is 5. The van der Waals surface area contributed by atoms with Crippen LogP contribution in [0.4, 0.5) is 0 Å². The van der Waals surface area contributed by atoms with Gasteiger partial charge in [0.1, 0.15) is 0 Å². The second-order valence-corrected chi connectivity index (χ2v) is 8.94. The number of alkyl halides is 1. The molecule has 0 fully saturated rings. The summed E-state index contributed by atoms with van der Waals surface area (Å²) in [6, 6.07) is 14.2. The first-order valence-electron chi connectivity index (χ1n) is 6.95. The zero-order chi connectivity index (χ0) is 15.5. The highest BCUT2D eigenvalue weighted by atomic mass is 127. The number of hydrogen-bond donors (Lipinski definition) is 0. The first kappa shape index (κ1) is 16.6. The molecule has 1 aromatic heterocycles. The molecule has 0 amide bonds. The average Bonchev–Trinajstić information content (AvgIpc) is 2.43. The number of hydrogen-bond acceptors (Lipinski definition) is 2. The molecule has 4 heteroatoms. The van der Waals surface area contributed by atoms with E-state index in [4.69, 9.17) is 0 Å². The maximum absolute atomic E-state index is 11.8. The molecule has 0 aliphatic heterocycles. The van der Waals surface area contributed by atoms with Gasteiger partial charge in [-0.25, -0.2) is 0 Å². The molecular formula is C17H20INOS. The molecule has 0 aliphatic carbocycles. The van der Waals surface area contributed by atoms with Crippen LogP contribution in [0.5, 0.6) is 0 Å².